The molecular formula is C17H19N3O2. The van der Waals surface area contributed by atoms with E-state index >= 15 is 0 Å². The molecule has 5 nitrogen and oxygen atoms in total. The Morgan fingerprint density at radius 1 is 1.45 bits per heavy atom. The van der Waals surface area contributed by atoms with E-state index in [1.807, 2.05) is 26.8 Å². The largest absolute Gasteiger partial charge is 0.293 e. The SMILES string of the molecule is CC(=O)n1cc2c(n1)[C@@]1(C)C=C(C#N)C(=O)C(C)(C)C1CC2. The van der Waals surface area contributed by atoms with Crippen molar-refractivity contribution in [3.05, 3.63) is 29.1 Å². The predicted molar refractivity (Wildman–Crippen MR) is 80.2 cm³/mol. The molecule has 0 saturated carbocycles. The minimum atomic E-state index is -0.605. The number of aryl methyl sites for hydroxylation is 1. The molecule has 0 aliphatic heterocycles. The quantitative estimate of drug-likeness (QED) is 0.737. The molecule has 0 aromatic carbocycles. The highest BCUT2D eigenvalue weighted by Crippen LogP contribution is 2.54. The minimum Gasteiger partial charge on any atom is -0.293 e. The number of nitriles is 1. The van der Waals surface area contributed by atoms with E-state index in [9.17, 15) is 14.9 Å². The van der Waals surface area contributed by atoms with Gasteiger partial charge in [0.25, 0.3) is 0 Å². The molecule has 1 heterocycles. The van der Waals surface area contributed by atoms with Crippen LogP contribution in [0, 0.1) is 22.7 Å². The second-order valence-electron chi connectivity index (χ2n) is 7.06. The third kappa shape index (κ3) is 1.73. The number of carbonyl (C=O) groups is 2. The fourth-order valence-corrected chi connectivity index (χ4v) is 4.21. The number of nitrogens with zero attached hydrogens (tertiary/aromatic N) is 3. The summed E-state index contributed by atoms with van der Waals surface area (Å²) in [5.41, 5.74) is 0.970. The molecule has 1 unspecified atom stereocenters. The molecule has 0 spiro atoms. The highest BCUT2D eigenvalue weighted by atomic mass is 16.2. The first-order chi connectivity index (χ1) is 10.2. The van der Waals surface area contributed by atoms with Crippen LogP contribution in [0.1, 0.15) is 50.2 Å². The minimum absolute atomic E-state index is 0.0763. The molecule has 0 radical (unpaired) electrons. The van der Waals surface area contributed by atoms with Gasteiger partial charge in [-0.1, -0.05) is 26.8 Å². The summed E-state index contributed by atoms with van der Waals surface area (Å²) in [5, 5.41) is 13.8. The van der Waals surface area contributed by atoms with Crippen LogP contribution in [0.3, 0.4) is 0 Å². The molecule has 0 bridgehead atoms. The fourth-order valence-electron chi connectivity index (χ4n) is 4.21. The molecule has 114 valence electrons. The summed E-state index contributed by atoms with van der Waals surface area (Å²) in [6.07, 6.45) is 5.19. The summed E-state index contributed by atoms with van der Waals surface area (Å²) < 4.78 is 1.36. The molecule has 0 saturated heterocycles. The van der Waals surface area contributed by atoms with Crippen molar-refractivity contribution in [2.24, 2.45) is 11.3 Å². The van der Waals surface area contributed by atoms with Gasteiger partial charge in [-0.2, -0.15) is 10.4 Å². The number of aromatic nitrogens is 2. The number of hydrogen-bond acceptors (Lipinski definition) is 4. The number of rotatable bonds is 0. The molecule has 2 atom stereocenters. The fraction of sp³-hybridized carbons (Fsp3) is 0.529. The highest BCUT2D eigenvalue weighted by Gasteiger charge is 2.55. The van der Waals surface area contributed by atoms with Gasteiger partial charge in [0.15, 0.2) is 5.78 Å². The van der Waals surface area contributed by atoms with Crippen molar-refractivity contribution in [3.63, 3.8) is 0 Å². The normalized spacial score (nSPS) is 29.1. The summed E-state index contributed by atoms with van der Waals surface area (Å²) in [7, 11) is 0. The standard InChI is InChI=1S/C17H19N3O2/c1-10(21)20-9-11-5-6-13-16(2,3)15(22)12(8-18)7-17(13,4)14(11)19-20/h7,9,13H,5-6H2,1-4H3/t13?,17-/m0/s1. The lowest BCUT2D eigenvalue weighted by Gasteiger charge is -2.49. The zero-order valence-electron chi connectivity index (χ0n) is 13.3. The molecule has 5 heteroatoms. The molecule has 22 heavy (non-hydrogen) atoms. The van der Waals surface area contributed by atoms with Gasteiger partial charge >= 0.3 is 0 Å². The Morgan fingerprint density at radius 3 is 2.73 bits per heavy atom. The van der Waals surface area contributed by atoms with Crippen LogP contribution in [0.25, 0.3) is 0 Å². The number of fused-ring (bicyclic) bond motifs is 3. The topological polar surface area (TPSA) is 75.8 Å². The van der Waals surface area contributed by atoms with Crippen molar-refractivity contribution in [2.75, 3.05) is 0 Å². The Morgan fingerprint density at radius 2 is 2.14 bits per heavy atom. The van der Waals surface area contributed by atoms with Gasteiger partial charge < -0.3 is 0 Å². The molecule has 0 amide bonds. The summed E-state index contributed by atoms with van der Waals surface area (Å²) >= 11 is 0. The first-order valence-electron chi connectivity index (χ1n) is 7.49. The van der Waals surface area contributed by atoms with Crippen LogP contribution in [0.15, 0.2) is 17.8 Å². The van der Waals surface area contributed by atoms with Gasteiger partial charge in [0.2, 0.25) is 5.91 Å². The lowest BCUT2D eigenvalue weighted by atomic mass is 9.52. The first kappa shape index (κ1) is 14.7. The second kappa shape index (κ2) is 4.39. The maximum absolute atomic E-state index is 12.5. The first-order valence-corrected chi connectivity index (χ1v) is 7.49. The molecule has 3 rings (SSSR count). The summed E-state index contributed by atoms with van der Waals surface area (Å²) in [5.74, 6) is -0.149. The maximum Gasteiger partial charge on any atom is 0.243 e. The number of carbonyl (C=O) groups excluding carboxylic acids is 2. The van der Waals surface area contributed by atoms with Crippen LogP contribution >= 0.6 is 0 Å². The Balaban J connectivity index is 2.25. The smallest absolute Gasteiger partial charge is 0.243 e. The van der Waals surface area contributed by atoms with Gasteiger partial charge in [-0.05, 0) is 24.3 Å². The van der Waals surface area contributed by atoms with Gasteiger partial charge in [0.1, 0.15) is 6.07 Å². The third-order valence-electron chi connectivity index (χ3n) is 5.31. The number of Topliss-reactive ketones (excluding diaryl/α,β-unsaturated/α-hetero) is 1. The average molecular weight is 297 g/mol. The third-order valence-corrected chi connectivity index (χ3v) is 5.31. The van der Waals surface area contributed by atoms with E-state index in [0.717, 1.165) is 24.1 Å². The predicted octanol–water partition coefficient (Wildman–Crippen LogP) is 2.42. The Bertz CT molecular complexity index is 763. The van der Waals surface area contributed by atoms with Crippen LogP contribution in [-0.2, 0) is 16.6 Å². The Labute approximate surface area is 129 Å². The van der Waals surface area contributed by atoms with E-state index in [0.29, 0.717) is 0 Å². The van der Waals surface area contributed by atoms with Crippen molar-refractivity contribution in [3.8, 4) is 6.07 Å². The number of allylic oxidation sites excluding steroid dienone is 2. The summed E-state index contributed by atoms with van der Waals surface area (Å²) in [6, 6.07) is 2.04. The van der Waals surface area contributed by atoms with Crippen LogP contribution < -0.4 is 0 Å². The zero-order valence-corrected chi connectivity index (χ0v) is 13.3. The van der Waals surface area contributed by atoms with E-state index in [4.69, 9.17) is 0 Å². The van der Waals surface area contributed by atoms with Crippen LogP contribution in [0.2, 0.25) is 0 Å². The molecule has 1 aromatic heterocycles. The van der Waals surface area contributed by atoms with Gasteiger partial charge in [-0.15, -0.1) is 0 Å². The van der Waals surface area contributed by atoms with Crippen molar-refractivity contribution < 1.29 is 9.59 Å². The van der Waals surface area contributed by atoms with Crippen LogP contribution in [0.4, 0.5) is 0 Å². The highest BCUT2D eigenvalue weighted by molar-refractivity contribution is 6.04. The molecule has 2 aliphatic carbocycles. The van der Waals surface area contributed by atoms with E-state index in [-0.39, 0.29) is 23.2 Å². The summed E-state index contributed by atoms with van der Waals surface area (Å²) in [6.45, 7) is 7.33. The molecule has 2 aliphatic rings. The van der Waals surface area contributed by atoms with Crippen molar-refractivity contribution >= 4 is 11.7 Å². The van der Waals surface area contributed by atoms with E-state index in [2.05, 4.69) is 5.10 Å². The molecular weight excluding hydrogens is 278 g/mol. The average Bonchev–Trinajstić information content (AvgIpc) is 2.89. The number of hydrogen-bond donors (Lipinski definition) is 0. The summed E-state index contributed by atoms with van der Waals surface area (Å²) in [4.78, 5) is 24.1. The van der Waals surface area contributed by atoms with E-state index in [1.54, 1.807) is 12.3 Å². The second-order valence-corrected chi connectivity index (χ2v) is 7.06. The van der Waals surface area contributed by atoms with Crippen molar-refractivity contribution in [2.45, 2.75) is 46.0 Å². The van der Waals surface area contributed by atoms with Gasteiger partial charge in [0, 0.05) is 24.0 Å². The van der Waals surface area contributed by atoms with Crippen molar-refractivity contribution in [1.82, 2.24) is 9.78 Å². The maximum atomic E-state index is 12.5. The van der Waals surface area contributed by atoms with Crippen molar-refractivity contribution in [1.29, 1.82) is 5.26 Å². The molecule has 0 N–H and O–H groups in total. The van der Waals surface area contributed by atoms with Gasteiger partial charge in [0.05, 0.1) is 11.3 Å². The zero-order chi connectivity index (χ0) is 16.3. The van der Waals surface area contributed by atoms with Crippen LogP contribution in [0.5, 0.6) is 0 Å². The monoisotopic (exact) mass is 297 g/mol. The Hall–Kier alpha value is -2.22. The van der Waals surface area contributed by atoms with Crippen LogP contribution in [-0.4, -0.2) is 21.5 Å². The Kier molecular flexibility index (Phi) is 2.93. The van der Waals surface area contributed by atoms with Gasteiger partial charge in [-0.25, -0.2) is 4.68 Å². The lowest BCUT2D eigenvalue weighted by Crippen LogP contribution is -2.51. The van der Waals surface area contributed by atoms with E-state index in [1.165, 1.54) is 11.6 Å². The van der Waals surface area contributed by atoms with E-state index < -0.39 is 10.8 Å². The van der Waals surface area contributed by atoms with Gasteiger partial charge in [-0.3, -0.25) is 9.59 Å². The lowest BCUT2D eigenvalue weighted by molar-refractivity contribution is -0.128. The molecule has 1 aromatic rings. The number of ketones is 1. The molecule has 0 fully saturated rings.